The Balaban J connectivity index is 1.23. The van der Waals surface area contributed by atoms with Gasteiger partial charge in [-0.3, -0.25) is 9.59 Å². The zero-order valence-electron chi connectivity index (χ0n) is 18.8. The number of carbonyl (C=O) groups excluding carboxylic acids is 2. The third kappa shape index (κ3) is 5.72. The van der Waals surface area contributed by atoms with Crippen molar-refractivity contribution in [3.8, 4) is 11.1 Å². The number of carboxylic acids is 1. The van der Waals surface area contributed by atoms with Gasteiger partial charge in [0, 0.05) is 24.4 Å². The topological polar surface area (TPSA) is 105 Å². The molecule has 174 valence electrons. The van der Waals surface area contributed by atoms with Crippen molar-refractivity contribution in [1.82, 2.24) is 10.6 Å². The Hall–Kier alpha value is -3.35. The first kappa shape index (κ1) is 22.8. The molecule has 7 heteroatoms. The van der Waals surface area contributed by atoms with Gasteiger partial charge in [0.05, 0.1) is 6.42 Å². The molecule has 1 fully saturated rings. The van der Waals surface area contributed by atoms with Crippen LogP contribution in [0.4, 0.5) is 4.79 Å². The fourth-order valence-corrected chi connectivity index (χ4v) is 4.56. The van der Waals surface area contributed by atoms with E-state index < -0.39 is 12.1 Å². The maximum Gasteiger partial charge on any atom is 0.407 e. The molecule has 7 nitrogen and oxygen atoms in total. The summed E-state index contributed by atoms with van der Waals surface area (Å²) in [7, 11) is 0. The number of carboxylic acid groups (broad SMARTS) is 1. The molecule has 4 rings (SSSR count). The number of carbonyl (C=O) groups is 3. The van der Waals surface area contributed by atoms with E-state index in [2.05, 4.69) is 34.9 Å². The van der Waals surface area contributed by atoms with Gasteiger partial charge in [0.25, 0.3) is 0 Å². The second-order valence-electron chi connectivity index (χ2n) is 9.02. The molecule has 0 saturated heterocycles. The molecule has 2 unspecified atom stereocenters. The van der Waals surface area contributed by atoms with E-state index >= 15 is 0 Å². The molecular weight excluding hydrogens is 420 g/mol. The van der Waals surface area contributed by atoms with Crippen molar-refractivity contribution in [3.63, 3.8) is 0 Å². The minimum absolute atomic E-state index is 0.00201. The number of hydrogen-bond acceptors (Lipinski definition) is 4. The zero-order valence-corrected chi connectivity index (χ0v) is 18.8. The lowest BCUT2D eigenvalue weighted by atomic mass is 9.98. The lowest BCUT2D eigenvalue weighted by molar-refractivity contribution is -0.137. The van der Waals surface area contributed by atoms with Gasteiger partial charge in [0.15, 0.2) is 0 Å². The highest BCUT2D eigenvalue weighted by Gasteiger charge is 2.33. The molecule has 2 amide bonds. The number of ether oxygens (including phenoxy) is 1. The Kier molecular flexibility index (Phi) is 6.96. The monoisotopic (exact) mass is 450 g/mol. The highest BCUT2D eigenvalue weighted by atomic mass is 16.5. The Morgan fingerprint density at radius 3 is 2.18 bits per heavy atom. The van der Waals surface area contributed by atoms with E-state index in [-0.39, 0.29) is 49.3 Å². The summed E-state index contributed by atoms with van der Waals surface area (Å²) in [5.41, 5.74) is 4.66. The maximum absolute atomic E-state index is 12.4. The second-order valence-corrected chi connectivity index (χ2v) is 9.02. The molecule has 0 aliphatic heterocycles. The third-order valence-corrected chi connectivity index (χ3v) is 6.44. The number of nitrogens with one attached hydrogen (secondary N) is 2. The molecule has 0 aromatic heterocycles. The summed E-state index contributed by atoms with van der Waals surface area (Å²) in [6, 6.07) is 15.8. The van der Waals surface area contributed by atoms with Gasteiger partial charge in [-0.25, -0.2) is 4.79 Å². The number of aliphatic carboxylic acids is 1. The van der Waals surface area contributed by atoms with Crippen LogP contribution < -0.4 is 10.6 Å². The Morgan fingerprint density at radius 2 is 1.61 bits per heavy atom. The van der Waals surface area contributed by atoms with Gasteiger partial charge in [0.2, 0.25) is 5.91 Å². The smallest absolute Gasteiger partial charge is 0.407 e. The van der Waals surface area contributed by atoms with E-state index in [0.29, 0.717) is 6.42 Å². The average molecular weight is 451 g/mol. The van der Waals surface area contributed by atoms with Crippen LogP contribution in [0.15, 0.2) is 48.5 Å². The fraction of sp³-hybridized carbons (Fsp3) is 0.423. The number of benzene rings is 2. The quantitative estimate of drug-likeness (QED) is 0.506. The molecule has 1 saturated carbocycles. The minimum atomic E-state index is -0.905. The minimum Gasteiger partial charge on any atom is -0.481 e. The van der Waals surface area contributed by atoms with Crippen molar-refractivity contribution < 1.29 is 24.2 Å². The zero-order chi connectivity index (χ0) is 23.4. The maximum atomic E-state index is 12.4. The van der Waals surface area contributed by atoms with Gasteiger partial charge < -0.3 is 20.5 Å². The van der Waals surface area contributed by atoms with Crippen LogP contribution in [0.5, 0.6) is 0 Å². The van der Waals surface area contributed by atoms with Crippen LogP contribution in [0.3, 0.4) is 0 Å². The normalized spacial score (nSPS) is 16.3. The summed E-state index contributed by atoms with van der Waals surface area (Å²) in [5, 5.41) is 14.6. The van der Waals surface area contributed by atoms with Gasteiger partial charge in [-0.1, -0.05) is 48.5 Å². The Morgan fingerprint density at radius 1 is 1.00 bits per heavy atom. The number of rotatable bonds is 10. The van der Waals surface area contributed by atoms with E-state index in [4.69, 9.17) is 9.84 Å². The SMILES string of the molecule is CC(CCC(=O)NC(CC(=O)O)C1CC1)NC(=O)OCC1c2ccccc2-c2ccccc21. The summed E-state index contributed by atoms with van der Waals surface area (Å²) in [6.07, 6.45) is 2.01. The molecule has 0 bridgehead atoms. The van der Waals surface area contributed by atoms with Crippen molar-refractivity contribution in [1.29, 1.82) is 0 Å². The van der Waals surface area contributed by atoms with Gasteiger partial charge in [0.1, 0.15) is 6.61 Å². The first-order valence-electron chi connectivity index (χ1n) is 11.5. The highest BCUT2D eigenvalue weighted by molar-refractivity contribution is 5.79. The van der Waals surface area contributed by atoms with E-state index in [0.717, 1.165) is 24.0 Å². The number of fused-ring (bicyclic) bond motifs is 3. The van der Waals surface area contributed by atoms with Crippen LogP contribution in [0.2, 0.25) is 0 Å². The Bertz CT molecular complexity index is 987. The van der Waals surface area contributed by atoms with Crippen LogP contribution in [0.1, 0.15) is 56.1 Å². The predicted octanol–water partition coefficient (Wildman–Crippen LogP) is 4.06. The molecule has 0 spiro atoms. The van der Waals surface area contributed by atoms with Crippen LogP contribution in [-0.2, 0) is 14.3 Å². The largest absolute Gasteiger partial charge is 0.481 e. The van der Waals surface area contributed by atoms with Gasteiger partial charge >= 0.3 is 12.1 Å². The number of hydrogen-bond donors (Lipinski definition) is 3. The van der Waals surface area contributed by atoms with Gasteiger partial charge in [-0.05, 0) is 54.4 Å². The predicted molar refractivity (Wildman–Crippen MR) is 124 cm³/mol. The van der Waals surface area contributed by atoms with Gasteiger partial charge in [-0.2, -0.15) is 0 Å². The van der Waals surface area contributed by atoms with Crippen molar-refractivity contribution in [2.45, 2.75) is 57.0 Å². The molecule has 2 aliphatic rings. The summed E-state index contributed by atoms with van der Waals surface area (Å²) < 4.78 is 5.55. The first-order chi connectivity index (χ1) is 15.9. The summed E-state index contributed by atoms with van der Waals surface area (Å²) in [6.45, 7) is 2.07. The first-order valence-corrected chi connectivity index (χ1v) is 11.5. The third-order valence-electron chi connectivity index (χ3n) is 6.44. The molecule has 2 aromatic carbocycles. The summed E-state index contributed by atoms with van der Waals surface area (Å²) in [4.78, 5) is 35.6. The lowest BCUT2D eigenvalue weighted by Crippen LogP contribution is -2.39. The highest BCUT2D eigenvalue weighted by Crippen LogP contribution is 2.44. The van der Waals surface area contributed by atoms with Crippen LogP contribution in [-0.4, -0.2) is 41.8 Å². The average Bonchev–Trinajstić information content (AvgIpc) is 3.59. The molecule has 0 radical (unpaired) electrons. The summed E-state index contributed by atoms with van der Waals surface area (Å²) in [5.74, 6) is -0.828. The van der Waals surface area contributed by atoms with Crippen molar-refractivity contribution in [2.75, 3.05) is 6.61 Å². The number of alkyl carbamates (subject to hydrolysis) is 1. The van der Waals surface area contributed by atoms with E-state index in [9.17, 15) is 14.4 Å². The van der Waals surface area contributed by atoms with Crippen molar-refractivity contribution in [3.05, 3.63) is 59.7 Å². The molecule has 2 aliphatic carbocycles. The van der Waals surface area contributed by atoms with E-state index in [1.54, 1.807) is 0 Å². The van der Waals surface area contributed by atoms with Crippen LogP contribution in [0, 0.1) is 5.92 Å². The molecule has 2 atom stereocenters. The van der Waals surface area contributed by atoms with E-state index in [1.807, 2.05) is 31.2 Å². The molecule has 2 aromatic rings. The van der Waals surface area contributed by atoms with Crippen LogP contribution >= 0.6 is 0 Å². The van der Waals surface area contributed by atoms with E-state index in [1.165, 1.54) is 11.1 Å². The Labute approximate surface area is 193 Å². The molecule has 3 N–H and O–H groups in total. The molecular formula is C26H30N2O5. The molecule has 33 heavy (non-hydrogen) atoms. The number of amides is 2. The van der Waals surface area contributed by atoms with Crippen molar-refractivity contribution >= 4 is 18.0 Å². The lowest BCUT2D eigenvalue weighted by Gasteiger charge is -2.19. The fourth-order valence-electron chi connectivity index (χ4n) is 4.56. The standard InChI is InChI=1S/C26H30N2O5/c1-16(10-13-24(29)28-23(14-25(30)31)17-11-12-17)27-26(32)33-15-22-20-8-4-2-6-18(20)19-7-3-5-9-21(19)22/h2-9,16-17,22-23H,10-15H2,1H3,(H,27,32)(H,28,29)(H,30,31). The van der Waals surface area contributed by atoms with Gasteiger partial charge in [-0.15, -0.1) is 0 Å². The van der Waals surface area contributed by atoms with Crippen LogP contribution in [0.25, 0.3) is 11.1 Å². The van der Waals surface area contributed by atoms with Crippen molar-refractivity contribution in [2.24, 2.45) is 5.92 Å². The summed E-state index contributed by atoms with van der Waals surface area (Å²) >= 11 is 0. The molecule has 0 heterocycles. The second kappa shape index (κ2) is 10.1.